The van der Waals surface area contributed by atoms with Crippen molar-refractivity contribution in [3.63, 3.8) is 0 Å². The lowest BCUT2D eigenvalue weighted by molar-refractivity contribution is -0.120. The molecule has 456 valence electrons. The van der Waals surface area contributed by atoms with Gasteiger partial charge < -0.3 is 24.5 Å². The van der Waals surface area contributed by atoms with Gasteiger partial charge in [-0.2, -0.15) is 5.10 Å². The van der Waals surface area contributed by atoms with E-state index in [-0.39, 0.29) is 41.4 Å². The molecule has 4 aliphatic heterocycles. The van der Waals surface area contributed by atoms with Gasteiger partial charge in [0.1, 0.15) is 23.1 Å². The number of fused-ring (bicyclic) bond motifs is 3. The van der Waals surface area contributed by atoms with Crippen LogP contribution in [0.1, 0.15) is 177 Å². The first-order valence-electron chi connectivity index (χ1n) is 31.8. The average molecular weight is 1180 g/mol. The fourth-order valence-electron chi connectivity index (χ4n) is 12.2. The van der Waals surface area contributed by atoms with E-state index in [0.717, 1.165) is 123 Å². The summed E-state index contributed by atoms with van der Waals surface area (Å²) in [6.07, 6.45) is 14.1. The van der Waals surface area contributed by atoms with Gasteiger partial charge in [0.05, 0.1) is 5.69 Å². The monoisotopic (exact) mass is 1180 g/mol. The van der Waals surface area contributed by atoms with Gasteiger partial charge in [-0.25, -0.2) is 0 Å². The number of nitrogens with zero attached hydrogens (tertiary/aromatic N) is 11. The predicted octanol–water partition coefficient (Wildman–Crippen LogP) is 11.0. The topological polar surface area (TPSA) is 196 Å². The number of piperazine rings is 2. The highest BCUT2D eigenvalue weighted by atomic mass is 16.2. The van der Waals surface area contributed by atoms with E-state index in [4.69, 9.17) is 0 Å². The Morgan fingerprint density at radius 2 is 1.06 bits per heavy atom. The van der Waals surface area contributed by atoms with Gasteiger partial charge in [-0.05, 0) is 135 Å². The molecule has 17 heteroatoms. The van der Waals surface area contributed by atoms with Gasteiger partial charge in [0, 0.05) is 107 Å². The summed E-state index contributed by atoms with van der Waals surface area (Å²) in [4.78, 5) is 85.8. The van der Waals surface area contributed by atoms with Crippen molar-refractivity contribution in [1.82, 2.24) is 40.4 Å². The molecule has 0 bridgehead atoms. The molecule has 2 aliphatic carbocycles. The van der Waals surface area contributed by atoms with Gasteiger partial charge >= 0.3 is 0 Å². The summed E-state index contributed by atoms with van der Waals surface area (Å²) in [6.45, 7) is 16.9. The maximum Gasteiger partial charge on any atom is 0.254 e. The van der Waals surface area contributed by atoms with Gasteiger partial charge in [0.2, 0.25) is 0 Å². The molecule has 12 rings (SSSR count). The molecule has 6 aromatic rings. The first-order chi connectivity index (χ1) is 42.1. The van der Waals surface area contributed by atoms with Crippen LogP contribution in [-0.4, -0.2) is 140 Å². The first kappa shape index (κ1) is 62.0. The maximum absolute atomic E-state index is 13.0. The molecule has 7 heterocycles. The van der Waals surface area contributed by atoms with Crippen molar-refractivity contribution in [3.05, 3.63) is 159 Å². The first-order valence-corrected chi connectivity index (χ1v) is 31.8. The number of aryl methyl sites for hydroxylation is 3. The quantitative estimate of drug-likeness (QED) is 0.0617. The van der Waals surface area contributed by atoms with Gasteiger partial charge in [0.15, 0.2) is 34.8 Å². The number of anilines is 3. The Morgan fingerprint density at radius 1 is 0.517 bits per heavy atom. The van der Waals surface area contributed by atoms with Crippen molar-refractivity contribution in [2.75, 3.05) is 73.6 Å². The molecule has 0 spiro atoms. The minimum absolute atomic E-state index is 0.0239. The number of para-hydroxylation sites is 1. The predicted molar refractivity (Wildman–Crippen MR) is 338 cm³/mol. The maximum atomic E-state index is 13.0. The molecule has 3 saturated heterocycles. The molecular formula is C70H85N11O6. The largest absolute Gasteiger partial charge is 0.368 e. The van der Waals surface area contributed by atoms with E-state index in [9.17, 15) is 28.8 Å². The summed E-state index contributed by atoms with van der Waals surface area (Å²) in [7, 11) is 0. The SMILES string of the molecule is Cc1ccccc1C(=O)N1CC(Cc2ccc(C(=O)CCCC3CC3)nn2)C1.Cc1ccccc1C(=O)N1CCN2c3nnc(C(=O)CCCC(C)C)cc3CC(=O)C2C1.Cc1ccccc1N1CCN(c2ccc(C(=O)CCCC3CC3)nn2)CC1. The number of Topliss-reactive ketones (excluding diaryl/α,β-unsaturated/α-hetero) is 4. The zero-order chi connectivity index (χ0) is 61.0. The van der Waals surface area contributed by atoms with E-state index in [1.54, 1.807) is 17.0 Å². The Kier molecular flexibility index (Phi) is 20.7. The van der Waals surface area contributed by atoms with Crippen LogP contribution in [0, 0.1) is 44.4 Å². The Bertz CT molecular complexity index is 3390. The van der Waals surface area contributed by atoms with Gasteiger partial charge in [0.25, 0.3) is 11.8 Å². The number of benzene rings is 3. The second-order valence-electron chi connectivity index (χ2n) is 25.3. The number of likely N-dealkylation sites (tertiary alicyclic amines) is 1. The van der Waals surface area contributed by atoms with Gasteiger partial charge in [-0.3, -0.25) is 28.8 Å². The number of ketones is 4. The summed E-state index contributed by atoms with van der Waals surface area (Å²) in [5, 5.41) is 25.4. The van der Waals surface area contributed by atoms with Crippen LogP contribution >= 0.6 is 0 Å². The lowest BCUT2D eigenvalue weighted by Crippen LogP contribution is -2.60. The highest BCUT2D eigenvalue weighted by molar-refractivity contribution is 6.00. The Morgan fingerprint density at radius 3 is 1.62 bits per heavy atom. The van der Waals surface area contributed by atoms with E-state index in [1.807, 2.05) is 90.4 Å². The molecule has 1 atom stereocenters. The van der Waals surface area contributed by atoms with Crippen LogP contribution in [0.25, 0.3) is 0 Å². The number of hydrogen-bond donors (Lipinski definition) is 0. The van der Waals surface area contributed by atoms with Crippen LogP contribution in [0.15, 0.2) is 103 Å². The molecule has 87 heavy (non-hydrogen) atoms. The summed E-state index contributed by atoms with van der Waals surface area (Å²) < 4.78 is 0. The molecule has 2 amide bonds. The summed E-state index contributed by atoms with van der Waals surface area (Å²) in [5.74, 6) is 4.54. The van der Waals surface area contributed by atoms with Crippen molar-refractivity contribution in [2.24, 2.45) is 23.7 Å². The van der Waals surface area contributed by atoms with Crippen molar-refractivity contribution in [3.8, 4) is 0 Å². The fraction of sp³-hybridized carbons (Fsp3) is 0.486. The molecule has 3 aromatic carbocycles. The van der Waals surface area contributed by atoms with Crippen molar-refractivity contribution >= 4 is 52.3 Å². The fourth-order valence-corrected chi connectivity index (χ4v) is 12.2. The molecule has 0 radical (unpaired) electrons. The standard InChI is InChI=1S/C25H30N4O3.C23H27N3O2.C22H28N4O/c1-16(2)7-6-10-22(30)20-13-18-14-23(31)21-15-28(11-12-29(21)24(18)27-26-20)25(32)19-9-5-4-8-17(19)3;1-16-5-2-3-7-20(16)23(28)26-14-18(15-26)13-19-11-12-21(25-24-19)22(27)8-4-6-17-9-10-17;1-17-5-2-3-7-20(17)25-13-15-26(16-14-25)22-12-11-19(23-24-22)21(27)8-4-6-18-9-10-18/h4-5,8-9,13,16,21H,6-7,10-12,14-15H2,1-3H3;2-3,5,7,11-12,17-18H,4,6,8-10,13-15H2,1H3;2-3,5,7,11-12,18H,4,6,8-10,13-16H2,1H3. The van der Waals surface area contributed by atoms with Crippen LogP contribution in [0.4, 0.5) is 17.3 Å². The molecule has 0 N–H and O–H groups in total. The number of carbonyl (C=O) groups excluding carboxylic acids is 6. The minimum atomic E-state index is -0.425. The molecule has 3 aromatic heterocycles. The Labute approximate surface area is 512 Å². The molecule has 6 aliphatic rings. The van der Waals surface area contributed by atoms with E-state index in [2.05, 4.69) is 85.4 Å². The minimum Gasteiger partial charge on any atom is -0.368 e. The van der Waals surface area contributed by atoms with E-state index in [0.29, 0.717) is 79.2 Å². The summed E-state index contributed by atoms with van der Waals surface area (Å²) in [6, 6.07) is 32.6. The highest BCUT2D eigenvalue weighted by Gasteiger charge is 2.40. The average Bonchev–Trinajstić information content (AvgIpc) is 3.08. The molecule has 17 nitrogen and oxygen atoms in total. The summed E-state index contributed by atoms with van der Waals surface area (Å²) >= 11 is 0. The van der Waals surface area contributed by atoms with Crippen LogP contribution in [0.5, 0.6) is 0 Å². The van der Waals surface area contributed by atoms with Crippen LogP contribution < -0.4 is 14.7 Å². The Hall–Kier alpha value is -8.08. The molecule has 5 fully saturated rings. The normalized spacial score (nSPS) is 17.3. The third-order valence-corrected chi connectivity index (χ3v) is 17.9. The Balaban J connectivity index is 0.000000145. The highest BCUT2D eigenvalue weighted by Crippen LogP contribution is 2.35. The van der Waals surface area contributed by atoms with Crippen LogP contribution in [0.2, 0.25) is 0 Å². The van der Waals surface area contributed by atoms with Crippen molar-refractivity contribution in [1.29, 1.82) is 0 Å². The van der Waals surface area contributed by atoms with Crippen molar-refractivity contribution < 1.29 is 28.8 Å². The van der Waals surface area contributed by atoms with E-state index in [1.165, 1.54) is 43.4 Å². The van der Waals surface area contributed by atoms with Crippen LogP contribution in [0.3, 0.4) is 0 Å². The number of carbonyl (C=O) groups is 6. The van der Waals surface area contributed by atoms with Crippen molar-refractivity contribution in [2.45, 2.75) is 137 Å². The molecule has 2 saturated carbocycles. The smallest absolute Gasteiger partial charge is 0.254 e. The second-order valence-corrected chi connectivity index (χ2v) is 25.3. The number of hydrogen-bond acceptors (Lipinski definition) is 15. The van der Waals surface area contributed by atoms with Gasteiger partial charge in [-0.1, -0.05) is 113 Å². The van der Waals surface area contributed by atoms with E-state index >= 15 is 0 Å². The third-order valence-electron chi connectivity index (χ3n) is 17.9. The zero-order valence-electron chi connectivity index (χ0n) is 51.5. The number of aromatic nitrogens is 6. The summed E-state index contributed by atoms with van der Waals surface area (Å²) in [5.41, 5.74) is 9.00. The molecular weight excluding hydrogens is 1090 g/mol. The van der Waals surface area contributed by atoms with Crippen LogP contribution in [-0.2, 0) is 17.6 Å². The number of amides is 2. The lowest BCUT2D eigenvalue weighted by atomic mass is 9.93. The second kappa shape index (κ2) is 29.1. The molecule has 1 unspecified atom stereocenters. The van der Waals surface area contributed by atoms with E-state index < -0.39 is 6.04 Å². The third kappa shape index (κ3) is 16.5. The zero-order valence-corrected chi connectivity index (χ0v) is 51.5. The lowest BCUT2D eigenvalue weighted by Gasteiger charge is -2.44. The number of rotatable bonds is 21. The van der Waals surface area contributed by atoms with Gasteiger partial charge in [-0.15, -0.1) is 25.5 Å².